The Labute approximate surface area is 205 Å². The molecule has 6 nitrogen and oxygen atoms in total. The minimum Gasteiger partial charge on any atom is -0.671 e. The van der Waals surface area contributed by atoms with E-state index in [0.29, 0.717) is 17.2 Å². The molecule has 0 spiro atoms. The van der Waals surface area contributed by atoms with E-state index in [2.05, 4.69) is 10.2 Å². The lowest BCUT2D eigenvalue weighted by atomic mass is 9.42. The Morgan fingerprint density at radius 1 is 0.857 bits per heavy atom. The van der Waals surface area contributed by atoms with Crippen LogP contribution in [0.5, 0.6) is 0 Å². The minimum absolute atomic E-state index is 0.232. The van der Waals surface area contributed by atoms with Crippen LogP contribution in [0.3, 0.4) is 0 Å². The molecule has 1 amide bonds. The van der Waals surface area contributed by atoms with Crippen molar-refractivity contribution in [1.82, 2.24) is 10.2 Å². The summed E-state index contributed by atoms with van der Waals surface area (Å²) in [5.74, 6) is 0.130. The Bertz CT molecular complexity index is 1260. The number of ketones is 1. The lowest BCUT2D eigenvalue weighted by molar-refractivity contribution is -0.325. The first kappa shape index (κ1) is 23.8. The average Bonchev–Trinajstić information content (AvgIpc) is 2.88. The molecule has 0 fully saturated rings. The molecule has 0 radical (unpaired) electrons. The number of benzene rings is 3. The molecule has 0 saturated carbocycles. The SMILES string of the molecule is CC(=O)C1=C(/C=C/N(C)C)O[B-](c2ccccc2)(c2ccccc2)[NH+]=C1NC(=O)c1ccccc1. The van der Waals surface area contributed by atoms with Crippen molar-refractivity contribution in [2.45, 2.75) is 6.92 Å². The topological polar surface area (TPSA) is 72.6 Å². The first-order valence-electron chi connectivity index (χ1n) is 11.5. The third-order valence-corrected chi connectivity index (χ3v) is 5.84. The fraction of sp³-hybridized carbons (Fsp3) is 0.107. The zero-order valence-electron chi connectivity index (χ0n) is 20.1. The Hall–Kier alpha value is -4.39. The van der Waals surface area contributed by atoms with E-state index in [-0.39, 0.29) is 17.3 Å². The van der Waals surface area contributed by atoms with Crippen LogP contribution in [-0.4, -0.2) is 43.0 Å². The van der Waals surface area contributed by atoms with Gasteiger partial charge in [-0.2, -0.15) is 0 Å². The second-order valence-corrected chi connectivity index (χ2v) is 8.64. The highest BCUT2D eigenvalue weighted by Gasteiger charge is 2.43. The number of Topliss-reactive ketones (excluding diaryl/α,β-unsaturated/α-hetero) is 1. The number of allylic oxidation sites excluding steroid dienone is 1. The first-order chi connectivity index (χ1) is 16.9. The summed E-state index contributed by atoms with van der Waals surface area (Å²) < 4.78 is 6.71. The number of nitrogens with zero attached hydrogens (tertiary/aromatic N) is 1. The normalized spacial score (nSPS) is 14.8. The van der Waals surface area contributed by atoms with Gasteiger partial charge in [-0.15, -0.1) is 10.9 Å². The van der Waals surface area contributed by atoms with E-state index < -0.39 is 6.48 Å². The highest BCUT2D eigenvalue weighted by atomic mass is 16.5. The fourth-order valence-electron chi connectivity index (χ4n) is 4.18. The molecule has 4 rings (SSSR count). The van der Waals surface area contributed by atoms with Crippen molar-refractivity contribution in [1.29, 1.82) is 0 Å². The molecule has 7 heteroatoms. The molecule has 0 unspecified atom stereocenters. The lowest BCUT2D eigenvalue weighted by Crippen LogP contribution is -3.03. The first-order valence-corrected chi connectivity index (χ1v) is 11.5. The molecule has 0 bridgehead atoms. The summed E-state index contributed by atoms with van der Waals surface area (Å²) in [5, 5.41) is 2.95. The van der Waals surface area contributed by atoms with E-state index in [1.54, 1.807) is 30.3 Å². The van der Waals surface area contributed by atoms with E-state index in [0.717, 1.165) is 10.9 Å². The van der Waals surface area contributed by atoms with E-state index in [1.807, 2.05) is 91.9 Å². The highest BCUT2D eigenvalue weighted by molar-refractivity contribution is 6.91. The van der Waals surface area contributed by atoms with Gasteiger partial charge in [-0.05, 0) is 25.1 Å². The highest BCUT2D eigenvalue weighted by Crippen LogP contribution is 2.18. The summed E-state index contributed by atoms with van der Waals surface area (Å²) in [6.45, 7) is -0.618. The molecule has 0 atom stereocenters. The van der Waals surface area contributed by atoms with Crippen LogP contribution in [0.25, 0.3) is 0 Å². The molecule has 35 heavy (non-hydrogen) atoms. The molecule has 1 heterocycles. The molecular weight excluding hydrogens is 437 g/mol. The predicted molar refractivity (Wildman–Crippen MR) is 139 cm³/mol. The maximum atomic E-state index is 13.2. The van der Waals surface area contributed by atoms with E-state index in [4.69, 9.17) is 4.65 Å². The monoisotopic (exact) mass is 465 g/mol. The van der Waals surface area contributed by atoms with Crippen LogP contribution in [0.4, 0.5) is 0 Å². The molecule has 3 aromatic rings. The van der Waals surface area contributed by atoms with E-state index in [9.17, 15) is 9.59 Å². The van der Waals surface area contributed by atoms with Crippen LogP contribution in [0.2, 0.25) is 0 Å². The van der Waals surface area contributed by atoms with Crippen molar-refractivity contribution < 1.29 is 19.1 Å². The van der Waals surface area contributed by atoms with Gasteiger partial charge in [-0.1, -0.05) is 78.9 Å². The van der Waals surface area contributed by atoms with Gasteiger partial charge < -0.3 is 14.5 Å². The van der Waals surface area contributed by atoms with Gasteiger partial charge in [0.15, 0.2) is 5.78 Å². The van der Waals surface area contributed by atoms with Crippen molar-refractivity contribution in [3.05, 3.63) is 120 Å². The van der Waals surface area contributed by atoms with Crippen LogP contribution < -0.4 is 21.1 Å². The summed E-state index contributed by atoms with van der Waals surface area (Å²) in [7, 11) is 3.78. The fourth-order valence-corrected chi connectivity index (χ4v) is 4.18. The molecule has 2 N–H and O–H groups in total. The Morgan fingerprint density at radius 2 is 1.37 bits per heavy atom. The molecule has 1 aliphatic rings. The number of amides is 1. The molecule has 0 aromatic heterocycles. The van der Waals surface area contributed by atoms with Crippen LogP contribution >= 0.6 is 0 Å². The van der Waals surface area contributed by atoms with Gasteiger partial charge in [0.25, 0.3) is 0 Å². The van der Waals surface area contributed by atoms with Gasteiger partial charge in [0.05, 0.1) is 11.3 Å². The van der Waals surface area contributed by atoms with Gasteiger partial charge >= 0.3 is 12.4 Å². The Morgan fingerprint density at radius 3 is 1.86 bits per heavy atom. The smallest absolute Gasteiger partial charge is 0.416 e. The number of nitrogens with one attached hydrogen (secondary N) is 2. The summed E-state index contributed by atoms with van der Waals surface area (Å²) in [5.41, 5.74) is 2.52. The minimum atomic E-state index is -2.08. The summed E-state index contributed by atoms with van der Waals surface area (Å²) in [4.78, 5) is 31.4. The van der Waals surface area contributed by atoms with Gasteiger partial charge in [0.1, 0.15) is 5.57 Å². The predicted octanol–water partition coefficient (Wildman–Crippen LogP) is 1.10. The van der Waals surface area contributed by atoms with Crippen molar-refractivity contribution in [2.75, 3.05) is 14.1 Å². The van der Waals surface area contributed by atoms with E-state index >= 15 is 0 Å². The molecule has 176 valence electrons. The second-order valence-electron chi connectivity index (χ2n) is 8.64. The summed E-state index contributed by atoms with van der Waals surface area (Å²) in [6, 6.07) is 28.4. The molecule has 0 aliphatic carbocycles. The lowest BCUT2D eigenvalue weighted by Gasteiger charge is -2.41. The van der Waals surface area contributed by atoms with Crippen molar-refractivity contribution in [2.24, 2.45) is 0 Å². The third kappa shape index (κ3) is 5.09. The average molecular weight is 465 g/mol. The zero-order valence-corrected chi connectivity index (χ0v) is 20.1. The maximum Gasteiger partial charge on any atom is 0.416 e. The maximum absolute atomic E-state index is 13.2. The number of hydrogen-bond donors (Lipinski definition) is 2. The van der Waals surface area contributed by atoms with Crippen molar-refractivity contribution >= 4 is 34.9 Å². The van der Waals surface area contributed by atoms with Crippen molar-refractivity contribution in [3.8, 4) is 0 Å². The van der Waals surface area contributed by atoms with Crippen LogP contribution in [0.15, 0.2) is 115 Å². The van der Waals surface area contributed by atoms with Gasteiger partial charge in [-0.25, -0.2) is 10.1 Å². The Balaban J connectivity index is 1.95. The Kier molecular flexibility index (Phi) is 6.97. The summed E-state index contributed by atoms with van der Waals surface area (Å²) in [6.07, 6.45) is 3.58. The second kappa shape index (κ2) is 10.3. The molecule has 1 aliphatic heterocycles. The quantitative estimate of drug-likeness (QED) is 0.535. The van der Waals surface area contributed by atoms with Crippen molar-refractivity contribution in [3.63, 3.8) is 0 Å². The van der Waals surface area contributed by atoms with Crippen LogP contribution in [0.1, 0.15) is 17.3 Å². The summed E-state index contributed by atoms with van der Waals surface area (Å²) >= 11 is 0. The van der Waals surface area contributed by atoms with E-state index in [1.165, 1.54) is 6.92 Å². The number of amidine groups is 1. The standard InChI is InChI=1S/C28H28BN3O3/c1-21(33)26-25(19-20-32(2)3)35-29(23-15-9-5-10-16-23,24-17-11-6-12-18-24)31-27(26)30-28(34)22-13-7-4-8-14-22/h4-20,31H,1-3H3,(H,30,34)/b20-19+. The largest absolute Gasteiger partial charge is 0.671 e. The number of rotatable bonds is 6. The van der Waals surface area contributed by atoms with Crippen LogP contribution in [-0.2, 0) is 9.45 Å². The van der Waals surface area contributed by atoms with Gasteiger partial charge in [0, 0.05) is 20.3 Å². The third-order valence-electron chi connectivity index (χ3n) is 5.84. The van der Waals surface area contributed by atoms with Gasteiger partial charge in [0.2, 0.25) is 5.84 Å². The van der Waals surface area contributed by atoms with Gasteiger partial charge in [-0.3, -0.25) is 4.79 Å². The zero-order chi connectivity index (χ0) is 24.8. The number of hydrogen-bond acceptors (Lipinski definition) is 4. The van der Waals surface area contributed by atoms with Crippen LogP contribution in [0, 0.1) is 0 Å². The molecule has 0 saturated heterocycles. The number of carbonyl (C=O) groups excluding carboxylic acids is 2. The number of carbonyl (C=O) groups is 2. The molecule has 3 aromatic carbocycles. The molecular formula is C28H28BN3O3.